The Kier molecular flexibility index (Phi) is 4.15. The number of hydrogen-bond acceptors (Lipinski definition) is 4. The summed E-state index contributed by atoms with van der Waals surface area (Å²) in [6, 6.07) is 3.55. The average molecular weight is 198 g/mol. The molecule has 0 radical (unpaired) electrons. The maximum Gasteiger partial charge on any atom is 0.262 e. The fourth-order valence-electron chi connectivity index (χ4n) is 1.05. The molecule has 1 rings (SSSR count). The average Bonchev–Trinajstić information content (AvgIpc) is 2.71. The topological polar surface area (TPSA) is 77.5 Å². The minimum Gasteiger partial charge on any atom is -0.467 e. The lowest BCUT2D eigenvalue weighted by atomic mass is 10.2. The first-order valence-electron chi connectivity index (χ1n) is 4.42. The summed E-state index contributed by atoms with van der Waals surface area (Å²) in [4.78, 5) is 11.1. The highest BCUT2D eigenvalue weighted by Crippen LogP contribution is 2.06. The van der Waals surface area contributed by atoms with Gasteiger partial charge in [-0.3, -0.25) is 10.2 Å². The molecule has 0 bridgehead atoms. The van der Waals surface area contributed by atoms with Crippen molar-refractivity contribution in [3.63, 3.8) is 0 Å². The van der Waals surface area contributed by atoms with Crippen LogP contribution in [0, 0.1) is 0 Å². The number of hydrogen-bond donors (Lipinski definition) is 2. The fourth-order valence-corrected chi connectivity index (χ4v) is 1.05. The molecule has 1 aromatic heterocycles. The van der Waals surface area contributed by atoms with E-state index in [1.165, 1.54) is 0 Å². The third-order valence-corrected chi connectivity index (χ3v) is 1.81. The standard InChI is InChI=1S/C9H14N2O3/c1-2-8(9(12)11-10)14-6-7-4-3-5-13-7/h3-5,8H,2,6,10H2,1H3,(H,11,12). The second kappa shape index (κ2) is 5.41. The van der Waals surface area contributed by atoms with Crippen molar-refractivity contribution in [2.24, 2.45) is 5.84 Å². The van der Waals surface area contributed by atoms with Crippen LogP contribution >= 0.6 is 0 Å². The predicted molar refractivity (Wildman–Crippen MR) is 49.9 cm³/mol. The maximum absolute atomic E-state index is 11.1. The number of carbonyl (C=O) groups excluding carboxylic acids is 1. The van der Waals surface area contributed by atoms with Gasteiger partial charge in [0.15, 0.2) is 0 Å². The molecule has 1 heterocycles. The molecule has 0 aliphatic carbocycles. The monoisotopic (exact) mass is 198 g/mol. The minimum absolute atomic E-state index is 0.277. The third-order valence-electron chi connectivity index (χ3n) is 1.81. The van der Waals surface area contributed by atoms with E-state index in [-0.39, 0.29) is 12.5 Å². The van der Waals surface area contributed by atoms with Gasteiger partial charge < -0.3 is 9.15 Å². The summed E-state index contributed by atoms with van der Waals surface area (Å²) in [6.07, 6.45) is 1.61. The van der Waals surface area contributed by atoms with E-state index in [1.54, 1.807) is 18.4 Å². The van der Waals surface area contributed by atoms with E-state index in [9.17, 15) is 4.79 Å². The Morgan fingerprint density at radius 2 is 2.57 bits per heavy atom. The normalized spacial score (nSPS) is 12.4. The van der Waals surface area contributed by atoms with Crippen molar-refractivity contribution in [3.8, 4) is 0 Å². The zero-order chi connectivity index (χ0) is 10.4. The Morgan fingerprint density at radius 1 is 1.79 bits per heavy atom. The van der Waals surface area contributed by atoms with Gasteiger partial charge in [-0.2, -0.15) is 0 Å². The van der Waals surface area contributed by atoms with E-state index in [0.717, 1.165) is 0 Å². The van der Waals surface area contributed by atoms with Crippen LogP contribution in [0.15, 0.2) is 22.8 Å². The van der Waals surface area contributed by atoms with Gasteiger partial charge in [0.2, 0.25) is 0 Å². The van der Waals surface area contributed by atoms with Crippen LogP contribution in [0.5, 0.6) is 0 Å². The van der Waals surface area contributed by atoms with Crippen LogP contribution in [0.2, 0.25) is 0 Å². The van der Waals surface area contributed by atoms with E-state index in [2.05, 4.69) is 5.43 Å². The van der Waals surface area contributed by atoms with E-state index in [0.29, 0.717) is 12.2 Å². The van der Waals surface area contributed by atoms with Gasteiger partial charge in [-0.1, -0.05) is 6.92 Å². The van der Waals surface area contributed by atoms with Crippen molar-refractivity contribution in [3.05, 3.63) is 24.2 Å². The second-order valence-electron chi connectivity index (χ2n) is 2.80. The van der Waals surface area contributed by atoms with Crippen molar-refractivity contribution >= 4 is 5.91 Å². The summed E-state index contributed by atoms with van der Waals surface area (Å²) in [5, 5.41) is 0. The molecule has 0 spiro atoms. The Morgan fingerprint density at radius 3 is 3.07 bits per heavy atom. The second-order valence-corrected chi connectivity index (χ2v) is 2.80. The first-order valence-corrected chi connectivity index (χ1v) is 4.42. The molecule has 1 amide bonds. The van der Waals surface area contributed by atoms with E-state index < -0.39 is 6.10 Å². The molecule has 14 heavy (non-hydrogen) atoms. The summed E-state index contributed by atoms with van der Waals surface area (Å²) in [6.45, 7) is 2.13. The molecule has 5 heteroatoms. The molecule has 1 atom stereocenters. The van der Waals surface area contributed by atoms with Gasteiger partial charge in [0.05, 0.1) is 6.26 Å². The fraction of sp³-hybridized carbons (Fsp3) is 0.444. The molecule has 1 unspecified atom stereocenters. The molecule has 1 aromatic rings. The van der Waals surface area contributed by atoms with Gasteiger partial charge in [0.1, 0.15) is 18.5 Å². The highest BCUT2D eigenvalue weighted by atomic mass is 16.5. The Bertz CT molecular complexity index is 272. The van der Waals surface area contributed by atoms with Crippen LogP contribution in [0.3, 0.4) is 0 Å². The third kappa shape index (κ3) is 2.86. The van der Waals surface area contributed by atoms with Gasteiger partial charge >= 0.3 is 0 Å². The highest BCUT2D eigenvalue weighted by Gasteiger charge is 2.15. The molecule has 0 saturated heterocycles. The maximum atomic E-state index is 11.1. The molecular formula is C9H14N2O3. The highest BCUT2D eigenvalue weighted by molar-refractivity contribution is 5.79. The first kappa shape index (κ1) is 10.7. The van der Waals surface area contributed by atoms with Crippen molar-refractivity contribution in [2.75, 3.05) is 0 Å². The number of ether oxygens (including phenoxy) is 1. The predicted octanol–water partition coefficient (Wildman–Crippen LogP) is 0.565. The first-order chi connectivity index (χ1) is 6.77. The molecule has 0 saturated carbocycles. The van der Waals surface area contributed by atoms with Gasteiger partial charge in [0.25, 0.3) is 5.91 Å². The lowest BCUT2D eigenvalue weighted by molar-refractivity contribution is -0.134. The van der Waals surface area contributed by atoms with Crippen LogP contribution in [-0.2, 0) is 16.1 Å². The van der Waals surface area contributed by atoms with E-state index in [4.69, 9.17) is 15.0 Å². The summed E-state index contributed by atoms with van der Waals surface area (Å²) >= 11 is 0. The Balaban J connectivity index is 2.38. The number of rotatable bonds is 5. The number of amides is 1. The molecule has 5 nitrogen and oxygen atoms in total. The van der Waals surface area contributed by atoms with Crippen molar-refractivity contribution in [1.82, 2.24) is 5.43 Å². The van der Waals surface area contributed by atoms with Crippen LogP contribution in [-0.4, -0.2) is 12.0 Å². The quantitative estimate of drug-likeness (QED) is 0.412. The Hall–Kier alpha value is -1.33. The summed E-state index contributed by atoms with van der Waals surface area (Å²) in [5.41, 5.74) is 2.05. The molecule has 3 N–H and O–H groups in total. The van der Waals surface area contributed by atoms with Crippen LogP contribution in [0.1, 0.15) is 19.1 Å². The van der Waals surface area contributed by atoms with Gasteiger partial charge in [-0.05, 0) is 18.6 Å². The number of carbonyl (C=O) groups is 1. The van der Waals surface area contributed by atoms with Gasteiger partial charge in [-0.25, -0.2) is 5.84 Å². The summed E-state index contributed by atoms with van der Waals surface area (Å²) in [7, 11) is 0. The zero-order valence-corrected chi connectivity index (χ0v) is 8.03. The molecule has 0 fully saturated rings. The number of nitrogens with one attached hydrogen (secondary N) is 1. The van der Waals surface area contributed by atoms with Crippen molar-refractivity contribution < 1.29 is 13.9 Å². The lowest BCUT2D eigenvalue weighted by Crippen LogP contribution is -2.40. The number of nitrogens with two attached hydrogens (primary N) is 1. The van der Waals surface area contributed by atoms with Gasteiger partial charge in [-0.15, -0.1) is 0 Å². The smallest absolute Gasteiger partial charge is 0.262 e. The molecule has 78 valence electrons. The SMILES string of the molecule is CCC(OCc1ccco1)C(=O)NN. The molecular weight excluding hydrogens is 184 g/mol. The number of furan rings is 1. The molecule has 0 aliphatic rings. The van der Waals surface area contributed by atoms with E-state index >= 15 is 0 Å². The van der Waals surface area contributed by atoms with Crippen LogP contribution in [0.4, 0.5) is 0 Å². The van der Waals surface area contributed by atoms with E-state index in [1.807, 2.05) is 6.92 Å². The molecule has 0 aliphatic heterocycles. The van der Waals surface area contributed by atoms with Crippen molar-refractivity contribution in [2.45, 2.75) is 26.1 Å². The largest absolute Gasteiger partial charge is 0.467 e. The molecule has 0 aromatic carbocycles. The van der Waals surface area contributed by atoms with Gasteiger partial charge in [0, 0.05) is 0 Å². The lowest BCUT2D eigenvalue weighted by Gasteiger charge is -2.12. The summed E-state index contributed by atoms with van der Waals surface area (Å²) in [5.74, 6) is 5.36. The van der Waals surface area contributed by atoms with Crippen LogP contribution in [0.25, 0.3) is 0 Å². The summed E-state index contributed by atoms with van der Waals surface area (Å²) < 4.78 is 10.4. The number of hydrazine groups is 1. The van der Waals surface area contributed by atoms with Crippen LogP contribution < -0.4 is 11.3 Å². The minimum atomic E-state index is -0.523. The van der Waals surface area contributed by atoms with Crippen molar-refractivity contribution in [1.29, 1.82) is 0 Å². The Labute approximate surface area is 82.2 Å². The zero-order valence-electron chi connectivity index (χ0n) is 8.03.